The Kier molecular flexibility index (Phi) is 7.00. The summed E-state index contributed by atoms with van der Waals surface area (Å²) in [5, 5.41) is 13.0. The maximum Gasteiger partial charge on any atom is 0.324 e. The van der Waals surface area contributed by atoms with Crippen LogP contribution in [0.1, 0.15) is 37.0 Å². The number of anilines is 2. The standard InChI is InChI=1S/C27H28N6O3/c1-27(2,3)23-17-24(33(32-23)19-8-6-5-7-9-19)31-26(35)30-18-10-12-20(13-11-18)36-21-14-15-29-22(16-21)25(34)28-4/h5-17H,1-4H3,(H,28,34)(H2,30,31,35). The fourth-order valence-electron chi connectivity index (χ4n) is 3.35. The van der Waals surface area contributed by atoms with E-state index in [0.717, 1.165) is 11.4 Å². The van der Waals surface area contributed by atoms with Gasteiger partial charge in [-0.3, -0.25) is 15.1 Å². The monoisotopic (exact) mass is 484 g/mol. The van der Waals surface area contributed by atoms with Crippen LogP contribution < -0.4 is 20.7 Å². The normalized spacial score (nSPS) is 11.0. The molecule has 0 saturated heterocycles. The van der Waals surface area contributed by atoms with Crippen LogP contribution in [-0.2, 0) is 5.41 Å². The van der Waals surface area contributed by atoms with Crippen molar-refractivity contribution >= 4 is 23.4 Å². The molecule has 2 heterocycles. The number of benzene rings is 2. The molecule has 4 aromatic rings. The van der Waals surface area contributed by atoms with E-state index in [1.54, 1.807) is 48.1 Å². The number of rotatable bonds is 6. The van der Waals surface area contributed by atoms with Gasteiger partial charge in [0.1, 0.15) is 23.0 Å². The largest absolute Gasteiger partial charge is 0.457 e. The second-order valence-corrected chi connectivity index (χ2v) is 9.07. The lowest BCUT2D eigenvalue weighted by Crippen LogP contribution is -2.21. The first kappa shape index (κ1) is 24.5. The molecule has 184 valence electrons. The molecule has 0 aliphatic heterocycles. The first-order chi connectivity index (χ1) is 17.2. The number of nitrogens with one attached hydrogen (secondary N) is 3. The number of ether oxygens (including phenoxy) is 1. The molecule has 9 heteroatoms. The van der Waals surface area contributed by atoms with Gasteiger partial charge in [-0.1, -0.05) is 39.0 Å². The minimum absolute atomic E-state index is 0.182. The van der Waals surface area contributed by atoms with Crippen molar-refractivity contribution in [2.24, 2.45) is 0 Å². The highest BCUT2D eigenvalue weighted by Gasteiger charge is 2.21. The van der Waals surface area contributed by atoms with Gasteiger partial charge in [0.15, 0.2) is 0 Å². The predicted octanol–water partition coefficient (Wildman–Crippen LogP) is 5.36. The summed E-state index contributed by atoms with van der Waals surface area (Å²) in [6.45, 7) is 6.22. The van der Waals surface area contributed by atoms with Crippen molar-refractivity contribution in [3.05, 3.63) is 90.4 Å². The number of aromatic nitrogens is 3. The van der Waals surface area contributed by atoms with E-state index in [0.29, 0.717) is 23.0 Å². The number of nitrogens with zero attached hydrogens (tertiary/aromatic N) is 3. The van der Waals surface area contributed by atoms with Gasteiger partial charge >= 0.3 is 6.03 Å². The summed E-state index contributed by atoms with van der Waals surface area (Å²) in [6.07, 6.45) is 1.51. The van der Waals surface area contributed by atoms with Crippen LogP contribution in [-0.4, -0.2) is 33.8 Å². The number of amides is 3. The molecule has 2 aromatic heterocycles. The van der Waals surface area contributed by atoms with E-state index in [2.05, 4.69) is 41.7 Å². The van der Waals surface area contributed by atoms with Gasteiger partial charge in [-0.05, 0) is 42.5 Å². The minimum Gasteiger partial charge on any atom is -0.457 e. The summed E-state index contributed by atoms with van der Waals surface area (Å²) in [4.78, 5) is 28.6. The summed E-state index contributed by atoms with van der Waals surface area (Å²) in [5.74, 6) is 1.29. The van der Waals surface area contributed by atoms with E-state index < -0.39 is 6.03 Å². The maximum atomic E-state index is 12.8. The van der Waals surface area contributed by atoms with Crippen LogP contribution in [0.15, 0.2) is 79.0 Å². The highest BCUT2D eigenvalue weighted by atomic mass is 16.5. The molecule has 3 amide bonds. The molecule has 0 unspecified atom stereocenters. The van der Waals surface area contributed by atoms with Crippen LogP contribution in [0.3, 0.4) is 0 Å². The van der Waals surface area contributed by atoms with Gasteiger partial charge in [-0.25, -0.2) is 9.48 Å². The molecule has 0 bridgehead atoms. The molecule has 0 aliphatic rings. The molecule has 9 nitrogen and oxygen atoms in total. The SMILES string of the molecule is CNC(=O)c1cc(Oc2ccc(NC(=O)Nc3cc(C(C)(C)C)nn3-c3ccccc3)cc2)ccn1. The van der Waals surface area contributed by atoms with Crippen molar-refractivity contribution in [2.75, 3.05) is 17.7 Å². The number of urea groups is 1. The zero-order valence-corrected chi connectivity index (χ0v) is 20.6. The van der Waals surface area contributed by atoms with E-state index >= 15 is 0 Å². The van der Waals surface area contributed by atoms with Gasteiger partial charge < -0.3 is 15.4 Å². The smallest absolute Gasteiger partial charge is 0.324 e. The lowest BCUT2D eigenvalue weighted by atomic mass is 9.92. The third-order valence-corrected chi connectivity index (χ3v) is 5.26. The zero-order valence-electron chi connectivity index (χ0n) is 20.6. The molecule has 0 aliphatic carbocycles. The molecule has 0 fully saturated rings. The van der Waals surface area contributed by atoms with Crippen LogP contribution in [0.4, 0.5) is 16.3 Å². The average molecular weight is 485 g/mol. The Morgan fingerprint density at radius 2 is 1.61 bits per heavy atom. The third-order valence-electron chi connectivity index (χ3n) is 5.26. The predicted molar refractivity (Wildman–Crippen MR) is 139 cm³/mol. The van der Waals surface area contributed by atoms with Crippen LogP contribution in [0, 0.1) is 0 Å². The Balaban J connectivity index is 1.45. The number of para-hydroxylation sites is 1. The highest BCUT2D eigenvalue weighted by molar-refractivity contribution is 5.99. The summed E-state index contributed by atoms with van der Waals surface area (Å²) >= 11 is 0. The first-order valence-corrected chi connectivity index (χ1v) is 11.4. The number of carbonyl (C=O) groups excluding carboxylic acids is 2. The molecule has 0 spiro atoms. The van der Waals surface area contributed by atoms with E-state index in [1.807, 2.05) is 36.4 Å². The molecule has 4 rings (SSSR count). The number of hydrogen-bond donors (Lipinski definition) is 3. The Hall–Kier alpha value is -4.66. The molecular formula is C27H28N6O3. The highest BCUT2D eigenvalue weighted by Crippen LogP contribution is 2.27. The van der Waals surface area contributed by atoms with Crippen LogP contribution in [0.25, 0.3) is 5.69 Å². The summed E-state index contributed by atoms with van der Waals surface area (Å²) in [7, 11) is 1.54. The van der Waals surface area contributed by atoms with Crippen molar-refractivity contribution in [2.45, 2.75) is 26.2 Å². The fourth-order valence-corrected chi connectivity index (χ4v) is 3.35. The lowest BCUT2D eigenvalue weighted by molar-refractivity contribution is 0.0958. The van der Waals surface area contributed by atoms with Crippen LogP contribution in [0.5, 0.6) is 11.5 Å². The summed E-state index contributed by atoms with van der Waals surface area (Å²) in [5.41, 5.74) is 2.37. The average Bonchev–Trinajstić information content (AvgIpc) is 3.29. The lowest BCUT2D eigenvalue weighted by Gasteiger charge is -2.14. The molecule has 3 N–H and O–H groups in total. The molecular weight excluding hydrogens is 456 g/mol. The van der Waals surface area contributed by atoms with Crippen molar-refractivity contribution in [3.8, 4) is 17.2 Å². The topological polar surface area (TPSA) is 110 Å². The third kappa shape index (κ3) is 5.87. The first-order valence-electron chi connectivity index (χ1n) is 11.4. The van der Waals surface area contributed by atoms with Gasteiger partial charge in [0, 0.05) is 36.5 Å². The van der Waals surface area contributed by atoms with Crippen LogP contribution in [0.2, 0.25) is 0 Å². The Bertz CT molecular complexity index is 1360. The summed E-state index contributed by atoms with van der Waals surface area (Å²) < 4.78 is 7.53. The molecule has 2 aromatic carbocycles. The fraction of sp³-hybridized carbons (Fsp3) is 0.185. The van der Waals surface area contributed by atoms with Crippen LogP contribution >= 0.6 is 0 Å². The number of carbonyl (C=O) groups is 2. The Morgan fingerprint density at radius 1 is 0.889 bits per heavy atom. The Morgan fingerprint density at radius 3 is 2.28 bits per heavy atom. The Labute approximate surface area is 209 Å². The van der Waals surface area contributed by atoms with Gasteiger partial charge in [-0.2, -0.15) is 5.10 Å². The van der Waals surface area contributed by atoms with E-state index in [9.17, 15) is 9.59 Å². The molecule has 0 atom stereocenters. The van der Waals surface area contributed by atoms with E-state index in [-0.39, 0.29) is 17.0 Å². The van der Waals surface area contributed by atoms with E-state index in [4.69, 9.17) is 9.84 Å². The quantitative estimate of drug-likeness (QED) is 0.341. The van der Waals surface area contributed by atoms with E-state index in [1.165, 1.54) is 6.20 Å². The van der Waals surface area contributed by atoms with Crippen molar-refractivity contribution in [1.82, 2.24) is 20.1 Å². The van der Waals surface area contributed by atoms with Crippen molar-refractivity contribution in [3.63, 3.8) is 0 Å². The maximum absolute atomic E-state index is 12.8. The number of pyridine rings is 1. The second kappa shape index (κ2) is 10.3. The van der Waals surface area contributed by atoms with Gasteiger partial charge in [0.25, 0.3) is 5.91 Å². The molecule has 0 radical (unpaired) electrons. The van der Waals surface area contributed by atoms with Crippen molar-refractivity contribution in [1.29, 1.82) is 0 Å². The number of hydrogen-bond acceptors (Lipinski definition) is 5. The summed E-state index contributed by atoms with van der Waals surface area (Å²) in [6, 6.07) is 21.2. The van der Waals surface area contributed by atoms with Gasteiger partial charge in [0.2, 0.25) is 0 Å². The molecule has 36 heavy (non-hydrogen) atoms. The minimum atomic E-state index is -0.398. The second-order valence-electron chi connectivity index (χ2n) is 9.07. The van der Waals surface area contributed by atoms with Gasteiger partial charge in [0.05, 0.1) is 11.4 Å². The zero-order chi connectivity index (χ0) is 25.7. The van der Waals surface area contributed by atoms with Gasteiger partial charge in [-0.15, -0.1) is 0 Å². The molecule has 0 saturated carbocycles. The van der Waals surface area contributed by atoms with Crippen molar-refractivity contribution < 1.29 is 14.3 Å².